The molecule has 0 bridgehead atoms. The van der Waals surface area contributed by atoms with Crippen LogP contribution in [0.4, 0.5) is 16.2 Å². The average Bonchev–Trinajstić information content (AvgIpc) is 2.88. The number of hydrogen-bond donors (Lipinski definition) is 1. The molecule has 0 heterocycles. The van der Waals surface area contributed by atoms with Crippen LogP contribution in [-0.2, 0) is 15.8 Å². The van der Waals surface area contributed by atoms with Crippen LogP contribution in [0.25, 0.3) is 0 Å². The number of para-hydroxylation sites is 2. The fraction of sp³-hybridized carbons (Fsp3) is 0.517. The van der Waals surface area contributed by atoms with E-state index in [9.17, 15) is 19.7 Å². The molecule has 1 unspecified atom stereocenters. The van der Waals surface area contributed by atoms with Crippen LogP contribution in [0.5, 0.6) is 0 Å². The molecule has 0 aliphatic rings. The van der Waals surface area contributed by atoms with Crippen molar-refractivity contribution in [1.29, 1.82) is 0 Å². The number of amides is 2. The van der Waals surface area contributed by atoms with E-state index in [-0.39, 0.29) is 35.6 Å². The Labute approximate surface area is 233 Å². The number of nitro benzene ring substituents is 1. The molecule has 0 aliphatic heterocycles. The quantitative estimate of drug-likeness (QED) is 0.119. The summed E-state index contributed by atoms with van der Waals surface area (Å²) >= 11 is 0. The lowest BCUT2D eigenvalue weighted by atomic mass is 9.89. The highest BCUT2D eigenvalue weighted by Gasteiger charge is 2.30. The first kappa shape index (κ1) is 32.0. The fourth-order valence-corrected chi connectivity index (χ4v) is 5.11. The maximum absolute atomic E-state index is 13.1. The van der Waals surface area contributed by atoms with Crippen molar-refractivity contribution < 1.29 is 23.7 Å². The number of benzene rings is 2. The van der Waals surface area contributed by atoms with E-state index in [0.717, 1.165) is 31.2 Å². The zero-order valence-corrected chi connectivity index (χ0v) is 25.2. The monoisotopic (exact) mass is 557 g/mol. The van der Waals surface area contributed by atoms with E-state index in [2.05, 4.69) is 46.1 Å². The predicted octanol–water partition coefficient (Wildman–Crippen LogP) is 6.78. The molecule has 2 amide bonds. The minimum absolute atomic E-state index is 0.0658. The maximum atomic E-state index is 13.1. The van der Waals surface area contributed by atoms with Crippen LogP contribution >= 0.6 is 0 Å². The molecule has 10 heteroatoms. The molecule has 0 aliphatic carbocycles. The fourth-order valence-electron chi connectivity index (χ4n) is 3.96. The Kier molecular flexibility index (Phi) is 12.6. The maximum Gasteiger partial charge on any atom is 0.410 e. The number of carbonyl (C=O) groups is 2. The third kappa shape index (κ3) is 10.8. The lowest BCUT2D eigenvalue weighted by Crippen LogP contribution is -2.46. The SMILES string of the molecule is CCCCCCN(CC(O[SiH](C)C)C(C)(C)C)C(=O)OCc1ccc(C(=O)Nc2ccccc2[N+](=O)[O-])cc1. The summed E-state index contributed by atoms with van der Waals surface area (Å²) in [6.07, 6.45) is 3.73. The Morgan fingerprint density at radius 2 is 1.72 bits per heavy atom. The summed E-state index contributed by atoms with van der Waals surface area (Å²) in [6, 6.07) is 12.6. The number of unbranched alkanes of at least 4 members (excludes halogenated alkanes) is 3. The van der Waals surface area contributed by atoms with Crippen LogP contribution in [0.3, 0.4) is 0 Å². The second-order valence-corrected chi connectivity index (χ2v) is 13.4. The van der Waals surface area contributed by atoms with Gasteiger partial charge in [-0.05, 0) is 48.7 Å². The summed E-state index contributed by atoms with van der Waals surface area (Å²) in [5, 5.41) is 13.8. The van der Waals surface area contributed by atoms with Gasteiger partial charge in [-0.15, -0.1) is 0 Å². The van der Waals surface area contributed by atoms with Crippen molar-refractivity contribution in [2.45, 2.75) is 79.2 Å². The van der Waals surface area contributed by atoms with Gasteiger partial charge in [-0.1, -0.05) is 71.2 Å². The molecule has 9 nitrogen and oxygen atoms in total. The molecular formula is C29H43N3O6Si. The van der Waals surface area contributed by atoms with Gasteiger partial charge < -0.3 is 19.4 Å². The first-order valence-corrected chi connectivity index (χ1v) is 16.4. The number of ether oxygens (including phenoxy) is 1. The van der Waals surface area contributed by atoms with Crippen LogP contribution in [-0.4, -0.2) is 50.1 Å². The van der Waals surface area contributed by atoms with Gasteiger partial charge in [-0.2, -0.15) is 0 Å². The van der Waals surface area contributed by atoms with Gasteiger partial charge in [0.2, 0.25) is 0 Å². The number of rotatable bonds is 14. The van der Waals surface area contributed by atoms with Crippen molar-refractivity contribution in [2.75, 3.05) is 18.4 Å². The number of nitro groups is 1. The summed E-state index contributed by atoms with van der Waals surface area (Å²) < 4.78 is 12.0. The third-order valence-corrected chi connectivity index (χ3v) is 7.13. The van der Waals surface area contributed by atoms with Crippen LogP contribution in [0.1, 0.15) is 69.3 Å². The largest absolute Gasteiger partial charge is 0.445 e. The molecule has 0 spiro atoms. The van der Waals surface area contributed by atoms with E-state index in [1.54, 1.807) is 41.3 Å². The van der Waals surface area contributed by atoms with Gasteiger partial charge in [0, 0.05) is 24.7 Å². The zero-order valence-electron chi connectivity index (χ0n) is 24.1. The normalized spacial score (nSPS) is 12.2. The van der Waals surface area contributed by atoms with E-state index in [1.807, 2.05) is 0 Å². The minimum Gasteiger partial charge on any atom is -0.445 e. The van der Waals surface area contributed by atoms with Gasteiger partial charge >= 0.3 is 6.09 Å². The second kappa shape index (κ2) is 15.4. The zero-order chi connectivity index (χ0) is 29.0. The van der Waals surface area contributed by atoms with Crippen LogP contribution < -0.4 is 5.32 Å². The Morgan fingerprint density at radius 1 is 1.05 bits per heavy atom. The van der Waals surface area contributed by atoms with Gasteiger partial charge in [-0.25, -0.2) is 4.79 Å². The van der Waals surface area contributed by atoms with Crippen molar-refractivity contribution in [3.8, 4) is 0 Å². The number of carbonyl (C=O) groups excluding carboxylic acids is 2. The summed E-state index contributed by atoms with van der Waals surface area (Å²) in [4.78, 5) is 38.2. The molecule has 1 N–H and O–H groups in total. The Hall–Kier alpha value is -3.24. The van der Waals surface area contributed by atoms with Gasteiger partial charge in [0.05, 0.1) is 11.0 Å². The van der Waals surface area contributed by atoms with Crippen molar-refractivity contribution in [2.24, 2.45) is 5.41 Å². The molecule has 2 aromatic rings. The van der Waals surface area contributed by atoms with Gasteiger partial charge in [0.25, 0.3) is 11.6 Å². The number of hydrogen-bond acceptors (Lipinski definition) is 6. The predicted molar refractivity (Wildman–Crippen MR) is 157 cm³/mol. The molecule has 0 aromatic heterocycles. The van der Waals surface area contributed by atoms with Crippen LogP contribution in [0, 0.1) is 15.5 Å². The van der Waals surface area contributed by atoms with Crippen molar-refractivity contribution in [1.82, 2.24) is 4.90 Å². The Balaban J connectivity index is 2.04. The van der Waals surface area contributed by atoms with Crippen LogP contribution in [0.2, 0.25) is 13.1 Å². The average molecular weight is 558 g/mol. The lowest BCUT2D eigenvalue weighted by Gasteiger charge is -2.36. The minimum atomic E-state index is -1.31. The first-order chi connectivity index (χ1) is 18.4. The van der Waals surface area contributed by atoms with E-state index >= 15 is 0 Å². The number of nitrogens with zero attached hydrogens (tertiary/aromatic N) is 2. The van der Waals surface area contributed by atoms with Crippen LogP contribution in [0.15, 0.2) is 48.5 Å². The second-order valence-electron chi connectivity index (χ2n) is 11.0. The standard InChI is InChI=1S/C29H43N3O6Si/c1-7-8-9-12-19-31(20-26(29(2,3)4)38-39(5)6)28(34)37-21-22-15-17-23(18-16-22)27(33)30-24-13-10-11-14-25(24)32(35)36/h10-11,13-18,26,39H,7-9,12,19-21H2,1-6H3,(H,30,33). The summed E-state index contributed by atoms with van der Waals surface area (Å²) in [5.41, 5.74) is 0.903. The van der Waals surface area contributed by atoms with E-state index < -0.39 is 19.9 Å². The molecule has 1 atom stereocenters. The topological polar surface area (TPSA) is 111 Å². The molecule has 0 fully saturated rings. The highest BCUT2D eigenvalue weighted by molar-refractivity contribution is 6.48. The van der Waals surface area contributed by atoms with E-state index in [0.29, 0.717) is 18.7 Å². The highest BCUT2D eigenvalue weighted by atomic mass is 28.3. The molecule has 39 heavy (non-hydrogen) atoms. The lowest BCUT2D eigenvalue weighted by molar-refractivity contribution is -0.383. The first-order valence-electron chi connectivity index (χ1n) is 13.6. The Morgan fingerprint density at radius 3 is 2.31 bits per heavy atom. The summed E-state index contributed by atoms with van der Waals surface area (Å²) in [7, 11) is -1.31. The molecular weight excluding hydrogens is 514 g/mol. The third-order valence-electron chi connectivity index (χ3n) is 6.26. The molecule has 0 saturated heterocycles. The van der Waals surface area contributed by atoms with Gasteiger partial charge in [0.1, 0.15) is 12.3 Å². The van der Waals surface area contributed by atoms with E-state index in [1.165, 1.54) is 12.1 Å². The molecule has 0 saturated carbocycles. The number of anilines is 1. The molecule has 2 aromatic carbocycles. The van der Waals surface area contributed by atoms with Crippen molar-refractivity contribution >= 4 is 32.4 Å². The number of nitrogens with one attached hydrogen (secondary N) is 1. The summed E-state index contributed by atoms with van der Waals surface area (Å²) in [6.45, 7) is 14.0. The highest BCUT2D eigenvalue weighted by Crippen LogP contribution is 2.25. The summed E-state index contributed by atoms with van der Waals surface area (Å²) in [5.74, 6) is -0.465. The smallest absolute Gasteiger partial charge is 0.410 e. The molecule has 214 valence electrons. The van der Waals surface area contributed by atoms with Crippen molar-refractivity contribution in [3.63, 3.8) is 0 Å². The molecule has 0 radical (unpaired) electrons. The van der Waals surface area contributed by atoms with Gasteiger partial charge in [0.15, 0.2) is 9.04 Å². The van der Waals surface area contributed by atoms with E-state index in [4.69, 9.17) is 9.16 Å². The Bertz CT molecular complexity index is 1090. The van der Waals surface area contributed by atoms with Gasteiger partial charge in [-0.3, -0.25) is 14.9 Å². The van der Waals surface area contributed by atoms with Crippen molar-refractivity contribution in [3.05, 3.63) is 69.8 Å². The molecule has 2 rings (SSSR count).